The van der Waals surface area contributed by atoms with Crippen molar-refractivity contribution < 1.29 is 19.0 Å². The Morgan fingerprint density at radius 2 is 1.76 bits per heavy atom. The van der Waals surface area contributed by atoms with Gasteiger partial charge in [-0.3, -0.25) is 4.79 Å². The summed E-state index contributed by atoms with van der Waals surface area (Å²) in [6.45, 7) is 6.74. The Labute approximate surface area is 248 Å². The monoisotopic (exact) mass is 593 g/mol. The molecule has 11 heteroatoms. The maximum atomic E-state index is 13.8. The van der Waals surface area contributed by atoms with Crippen LogP contribution in [0.5, 0.6) is 17.2 Å². The van der Waals surface area contributed by atoms with Crippen LogP contribution in [-0.4, -0.2) is 33.9 Å². The highest BCUT2D eigenvalue weighted by atomic mass is 35.5. The lowest BCUT2D eigenvalue weighted by atomic mass is 9.94. The maximum absolute atomic E-state index is 13.8. The van der Waals surface area contributed by atoms with Crippen LogP contribution in [0.4, 0.5) is 11.6 Å². The number of hydrogen-bond donors (Lipinski definition) is 2. The average molecular weight is 594 g/mol. The summed E-state index contributed by atoms with van der Waals surface area (Å²) in [5.41, 5.74) is 3.25. The first-order valence-electron chi connectivity index (χ1n) is 13.1. The van der Waals surface area contributed by atoms with Gasteiger partial charge in [0.2, 0.25) is 5.95 Å². The predicted molar refractivity (Wildman–Crippen MR) is 159 cm³/mol. The van der Waals surface area contributed by atoms with Crippen LogP contribution < -0.4 is 24.8 Å². The lowest BCUT2D eigenvalue weighted by Gasteiger charge is -2.29. The van der Waals surface area contributed by atoms with Crippen LogP contribution in [0.3, 0.4) is 0 Å². The van der Waals surface area contributed by atoms with Crippen molar-refractivity contribution in [1.82, 2.24) is 14.8 Å². The normalized spacial score (nSPS) is 14.2. The number of halogens is 2. The molecule has 0 radical (unpaired) electrons. The van der Waals surface area contributed by atoms with Gasteiger partial charge in [0.25, 0.3) is 5.91 Å². The van der Waals surface area contributed by atoms with Crippen molar-refractivity contribution in [1.29, 1.82) is 0 Å². The molecule has 4 aromatic rings. The summed E-state index contributed by atoms with van der Waals surface area (Å²) >= 11 is 12.4. The topological polar surface area (TPSA) is 99.5 Å². The molecule has 0 spiro atoms. The molecule has 2 N–H and O–H groups in total. The summed E-state index contributed by atoms with van der Waals surface area (Å²) in [5, 5.41) is 11.7. The average Bonchev–Trinajstić information content (AvgIpc) is 3.42. The number of hydrogen-bond acceptors (Lipinski definition) is 7. The minimum absolute atomic E-state index is 0.224. The first-order valence-corrected chi connectivity index (χ1v) is 13.9. The van der Waals surface area contributed by atoms with Crippen LogP contribution in [0.15, 0.2) is 78.3 Å². The molecule has 2 heterocycles. The third-order valence-electron chi connectivity index (χ3n) is 6.46. The second-order valence-electron chi connectivity index (χ2n) is 9.14. The molecule has 41 heavy (non-hydrogen) atoms. The van der Waals surface area contributed by atoms with E-state index in [0.29, 0.717) is 63.4 Å². The van der Waals surface area contributed by atoms with Gasteiger partial charge in [-0.25, -0.2) is 4.68 Å². The van der Waals surface area contributed by atoms with E-state index in [0.717, 1.165) is 11.1 Å². The zero-order valence-corrected chi connectivity index (χ0v) is 24.3. The molecule has 0 saturated carbocycles. The van der Waals surface area contributed by atoms with E-state index in [1.165, 1.54) is 6.33 Å². The molecule has 0 saturated heterocycles. The summed E-state index contributed by atoms with van der Waals surface area (Å²) in [4.78, 5) is 18.2. The third-order valence-corrected chi connectivity index (χ3v) is 7.04. The van der Waals surface area contributed by atoms with Crippen molar-refractivity contribution in [2.75, 3.05) is 23.8 Å². The Kier molecular flexibility index (Phi) is 8.66. The number of para-hydroxylation sites is 2. The SMILES string of the molecule is CCOc1ccccc1NC(=O)C1=C(C)Nc2ncnn2C1c1ccc(OCc2ccc(Cl)cc2Cl)c(OCC)c1. The number of allylic oxidation sites excluding steroid dienone is 1. The third kappa shape index (κ3) is 6.11. The van der Waals surface area contributed by atoms with Crippen LogP contribution >= 0.6 is 23.2 Å². The molecule has 0 fully saturated rings. The molecule has 5 rings (SSSR count). The highest BCUT2D eigenvalue weighted by Crippen LogP contribution is 2.40. The minimum atomic E-state index is -0.591. The summed E-state index contributed by atoms with van der Waals surface area (Å²) in [5.74, 6) is 1.86. The van der Waals surface area contributed by atoms with Crippen molar-refractivity contribution in [2.24, 2.45) is 0 Å². The van der Waals surface area contributed by atoms with E-state index < -0.39 is 6.04 Å². The fraction of sp³-hybridized carbons (Fsp3) is 0.233. The lowest BCUT2D eigenvalue weighted by molar-refractivity contribution is -0.113. The number of nitrogens with zero attached hydrogens (tertiary/aromatic N) is 3. The van der Waals surface area contributed by atoms with E-state index in [4.69, 9.17) is 37.4 Å². The molecule has 1 amide bonds. The van der Waals surface area contributed by atoms with Gasteiger partial charge in [0.05, 0.1) is 24.5 Å². The van der Waals surface area contributed by atoms with Gasteiger partial charge >= 0.3 is 0 Å². The molecular formula is C30H29Cl2N5O4. The Morgan fingerprint density at radius 1 is 0.976 bits per heavy atom. The van der Waals surface area contributed by atoms with Crippen LogP contribution in [0.2, 0.25) is 10.0 Å². The molecule has 212 valence electrons. The van der Waals surface area contributed by atoms with Gasteiger partial charge in [-0.2, -0.15) is 10.1 Å². The molecule has 1 aliphatic heterocycles. The van der Waals surface area contributed by atoms with E-state index >= 15 is 0 Å². The summed E-state index contributed by atoms with van der Waals surface area (Å²) in [6, 6.07) is 17.6. The molecule has 3 aromatic carbocycles. The first kappa shape index (κ1) is 28.3. The highest BCUT2D eigenvalue weighted by molar-refractivity contribution is 6.35. The number of nitrogens with one attached hydrogen (secondary N) is 2. The standard InChI is InChI=1S/C30H29Cl2N5O4/c1-4-39-24-9-7-6-8-23(24)36-29(38)27-18(3)35-30-33-17-34-37(30)28(27)19-11-13-25(26(14-19)40-5-2)41-16-20-10-12-21(31)15-22(20)32/h6-15,17,28H,4-5,16H2,1-3H3,(H,36,38)(H,33,34,35). The van der Waals surface area contributed by atoms with E-state index in [-0.39, 0.29) is 12.5 Å². The Bertz CT molecular complexity index is 1600. The molecule has 0 aliphatic carbocycles. The van der Waals surface area contributed by atoms with Gasteiger partial charge in [0.15, 0.2) is 11.5 Å². The molecule has 1 aliphatic rings. The second kappa shape index (κ2) is 12.5. The minimum Gasteiger partial charge on any atom is -0.492 e. The molecular weight excluding hydrogens is 565 g/mol. The number of rotatable bonds is 10. The zero-order chi connectivity index (χ0) is 28.9. The summed E-state index contributed by atoms with van der Waals surface area (Å²) in [7, 11) is 0. The number of ether oxygens (including phenoxy) is 3. The number of fused-ring (bicyclic) bond motifs is 1. The van der Waals surface area contributed by atoms with E-state index in [9.17, 15) is 4.79 Å². The Morgan fingerprint density at radius 3 is 2.54 bits per heavy atom. The number of carbonyl (C=O) groups excluding carboxylic acids is 1. The smallest absolute Gasteiger partial charge is 0.255 e. The molecule has 1 atom stereocenters. The number of anilines is 2. The molecule has 1 unspecified atom stereocenters. The van der Waals surface area contributed by atoms with E-state index in [1.807, 2.05) is 63.2 Å². The second-order valence-corrected chi connectivity index (χ2v) is 9.98. The van der Waals surface area contributed by atoms with Crippen molar-refractivity contribution >= 4 is 40.7 Å². The fourth-order valence-corrected chi connectivity index (χ4v) is 5.07. The quantitative estimate of drug-likeness (QED) is 0.206. The maximum Gasteiger partial charge on any atom is 0.255 e. The Balaban J connectivity index is 1.49. The van der Waals surface area contributed by atoms with Gasteiger partial charge in [-0.05, 0) is 62.7 Å². The molecule has 9 nitrogen and oxygen atoms in total. The van der Waals surface area contributed by atoms with Crippen LogP contribution in [0.25, 0.3) is 0 Å². The van der Waals surface area contributed by atoms with Crippen molar-refractivity contribution in [2.45, 2.75) is 33.4 Å². The van der Waals surface area contributed by atoms with Crippen molar-refractivity contribution in [3.8, 4) is 17.2 Å². The van der Waals surface area contributed by atoms with E-state index in [1.54, 1.807) is 22.9 Å². The number of benzene rings is 3. The van der Waals surface area contributed by atoms with Crippen molar-refractivity contribution in [3.63, 3.8) is 0 Å². The first-order chi connectivity index (χ1) is 19.9. The van der Waals surface area contributed by atoms with Crippen LogP contribution in [0.1, 0.15) is 37.9 Å². The number of amides is 1. The lowest BCUT2D eigenvalue weighted by Crippen LogP contribution is -2.31. The fourth-order valence-electron chi connectivity index (χ4n) is 4.61. The van der Waals surface area contributed by atoms with E-state index in [2.05, 4.69) is 20.7 Å². The zero-order valence-electron chi connectivity index (χ0n) is 22.8. The van der Waals surface area contributed by atoms with Gasteiger partial charge in [-0.1, -0.05) is 47.5 Å². The highest BCUT2D eigenvalue weighted by Gasteiger charge is 2.34. The van der Waals surface area contributed by atoms with Gasteiger partial charge in [0.1, 0.15) is 24.7 Å². The predicted octanol–water partition coefficient (Wildman–Crippen LogP) is 6.89. The number of carbonyl (C=O) groups is 1. The number of aromatic nitrogens is 3. The Hall–Kier alpha value is -4.21. The van der Waals surface area contributed by atoms with Crippen LogP contribution in [0, 0.1) is 0 Å². The molecule has 0 bridgehead atoms. The van der Waals surface area contributed by atoms with Crippen LogP contribution in [-0.2, 0) is 11.4 Å². The van der Waals surface area contributed by atoms with Gasteiger partial charge < -0.3 is 24.8 Å². The molecule has 1 aromatic heterocycles. The van der Waals surface area contributed by atoms with Gasteiger partial charge in [0, 0.05) is 21.3 Å². The summed E-state index contributed by atoms with van der Waals surface area (Å²) < 4.78 is 19.5. The summed E-state index contributed by atoms with van der Waals surface area (Å²) in [6.07, 6.45) is 1.45. The van der Waals surface area contributed by atoms with Crippen molar-refractivity contribution in [3.05, 3.63) is 99.4 Å². The largest absolute Gasteiger partial charge is 0.492 e. The van der Waals surface area contributed by atoms with Gasteiger partial charge in [-0.15, -0.1) is 0 Å².